The molecule has 0 unspecified atom stereocenters. The van der Waals surface area contributed by atoms with Gasteiger partial charge in [0.05, 0.1) is 11.3 Å². The minimum Gasteiger partial charge on any atom is -0.375 e. The minimum absolute atomic E-state index is 0.0303. The second kappa shape index (κ2) is 9.02. The Labute approximate surface area is 189 Å². The highest BCUT2D eigenvalue weighted by molar-refractivity contribution is 7.98. The van der Waals surface area contributed by atoms with Crippen molar-refractivity contribution in [2.75, 3.05) is 10.6 Å². The highest BCUT2D eigenvalue weighted by Gasteiger charge is 2.30. The first kappa shape index (κ1) is 22.5. The molecule has 0 atom stereocenters. The molecule has 2 N–H and O–H groups in total. The molecule has 4 rings (SSSR count). The SMILES string of the molecule is Cc1cc2nc(CSc3ccc(NC(=O)Nc4cccc(C(F)(F)F)c4)cc3)cc(=O)n2o1. The molecule has 0 radical (unpaired) electrons. The molecule has 4 aromatic rings. The van der Waals surface area contributed by atoms with Crippen LogP contribution in [-0.4, -0.2) is 15.6 Å². The van der Waals surface area contributed by atoms with Gasteiger partial charge in [0, 0.05) is 34.2 Å². The molecule has 0 bridgehead atoms. The molecule has 2 aromatic carbocycles. The largest absolute Gasteiger partial charge is 0.416 e. The van der Waals surface area contributed by atoms with E-state index in [1.807, 2.05) is 0 Å². The zero-order chi connectivity index (χ0) is 23.6. The molecular weight excluding hydrogens is 457 g/mol. The molecule has 11 heteroatoms. The van der Waals surface area contributed by atoms with E-state index in [1.165, 1.54) is 30.0 Å². The van der Waals surface area contributed by atoms with Gasteiger partial charge in [0.1, 0.15) is 5.76 Å². The number of benzene rings is 2. The molecule has 0 aliphatic rings. The molecule has 33 heavy (non-hydrogen) atoms. The quantitative estimate of drug-likeness (QED) is 0.370. The Balaban J connectivity index is 1.35. The molecule has 0 saturated heterocycles. The summed E-state index contributed by atoms with van der Waals surface area (Å²) < 4.78 is 44.8. The third-order valence-corrected chi connectivity index (χ3v) is 5.52. The van der Waals surface area contributed by atoms with Crippen LogP contribution in [0, 0.1) is 6.92 Å². The van der Waals surface area contributed by atoms with Crippen molar-refractivity contribution in [1.82, 2.24) is 9.56 Å². The van der Waals surface area contributed by atoms with E-state index in [2.05, 4.69) is 15.6 Å². The van der Waals surface area contributed by atoms with E-state index >= 15 is 0 Å². The summed E-state index contributed by atoms with van der Waals surface area (Å²) in [4.78, 5) is 29.5. The van der Waals surface area contributed by atoms with Crippen molar-refractivity contribution < 1.29 is 22.5 Å². The fourth-order valence-electron chi connectivity index (χ4n) is 3.01. The van der Waals surface area contributed by atoms with Gasteiger partial charge in [-0.3, -0.25) is 4.79 Å². The molecule has 170 valence electrons. The van der Waals surface area contributed by atoms with Gasteiger partial charge < -0.3 is 15.2 Å². The maximum absolute atomic E-state index is 12.8. The number of alkyl halides is 3. The smallest absolute Gasteiger partial charge is 0.375 e. The number of anilines is 2. The second-order valence-corrected chi connectivity index (χ2v) is 8.10. The van der Waals surface area contributed by atoms with Crippen LogP contribution in [0.1, 0.15) is 17.0 Å². The summed E-state index contributed by atoms with van der Waals surface area (Å²) in [5, 5.41) is 4.96. The number of nitrogens with zero attached hydrogens (tertiary/aromatic N) is 2. The molecule has 2 amide bonds. The Morgan fingerprint density at radius 2 is 1.79 bits per heavy atom. The molecule has 0 saturated carbocycles. The number of aromatic nitrogens is 2. The average Bonchev–Trinajstić information content (AvgIpc) is 3.13. The lowest BCUT2D eigenvalue weighted by molar-refractivity contribution is -0.137. The van der Waals surface area contributed by atoms with E-state index in [0.717, 1.165) is 21.6 Å². The van der Waals surface area contributed by atoms with Crippen LogP contribution in [0.15, 0.2) is 74.9 Å². The lowest BCUT2D eigenvalue weighted by Crippen LogP contribution is -2.19. The van der Waals surface area contributed by atoms with Crippen molar-refractivity contribution >= 4 is 34.8 Å². The van der Waals surface area contributed by atoms with E-state index < -0.39 is 17.8 Å². The molecular formula is C22H17F3N4O3S. The minimum atomic E-state index is -4.49. The number of urea groups is 1. The first-order valence-electron chi connectivity index (χ1n) is 9.65. The Bertz CT molecular complexity index is 1360. The standard InChI is InChI=1S/C22H17F3N4O3S/c1-13-9-19-26-17(11-20(30)29(19)32-13)12-33-18-7-5-15(6-8-18)27-21(31)28-16-4-2-3-14(10-16)22(23,24)25/h2-11H,12H2,1H3,(H2,27,28,31). The van der Waals surface area contributed by atoms with Crippen LogP contribution in [0.2, 0.25) is 0 Å². The van der Waals surface area contributed by atoms with Crippen molar-refractivity contribution in [3.63, 3.8) is 0 Å². The highest BCUT2D eigenvalue weighted by Crippen LogP contribution is 2.30. The fraction of sp³-hybridized carbons (Fsp3) is 0.136. The summed E-state index contributed by atoms with van der Waals surface area (Å²) in [6.45, 7) is 1.73. The van der Waals surface area contributed by atoms with Crippen LogP contribution in [0.4, 0.5) is 29.3 Å². The lowest BCUT2D eigenvalue weighted by atomic mass is 10.2. The number of nitrogens with one attached hydrogen (secondary N) is 2. The number of carbonyl (C=O) groups is 1. The Hall–Kier alpha value is -3.73. The number of hydrogen-bond acceptors (Lipinski definition) is 5. The van der Waals surface area contributed by atoms with E-state index in [1.54, 1.807) is 37.3 Å². The summed E-state index contributed by atoms with van der Waals surface area (Å²) in [6.07, 6.45) is -4.49. The third kappa shape index (κ3) is 5.55. The van der Waals surface area contributed by atoms with Crippen molar-refractivity contribution in [2.45, 2.75) is 23.7 Å². The van der Waals surface area contributed by atoms with Gasteiger partial charge in [-0.25, -0.2) is 9.78 Å². The van der Waals surface area contributed by atoms with Gasteiger partial charge >= 0.3 is 12.2 Å². The number of fused-ring (bicyclic) bond motifs is 1. The molecule has 0 fully saturated rings. The number of aryl methyl sites for hydroxylation is 1. The second-order valence-electron chi connectivity index (χ2n) is 7.06. The van der Waals surface area contributed by atoms with Gasteiger partial charge in [-0.1, -0.05) is 6.07 Å². The maximum atomic E-state index is 12.8. The molecule has 0 aliphatic carbocycles. The summed E-state index contributed by atoms with van der Waals surface area (Å²) in [6, 6.07) is 13.7. The summed E-state index contributed by atoms with van der Waals surface area (Å²) in [5.41, 5.74) is 0.407. The van der Waals surface area contributed by atoms with Crippen molar-refractivity contribution in [3.8, 4) is 0 Å². The van der Waals surface area contributed by atoms with Crippen LogP contribution in [-0.2, 0) is 11.9 Å². The molecule has 2 aromatic heterocycles. The zero-order valence-electron chi connectivity index (χ0n) is 17.1. The highest BCUT2D eigenvalue weighted by atomic mass is 32.2. The third-order valence-electron chi connectivity index (χ3n) is 4.47. The number of carbonyl (C=O) groups excluding carboxylic acids is 1. The van der Waals surface area contributed by atoms with Gasteiger partial charge in [0.2, 0.25) is 0 Å². The van der Waals surface area contributed by atoms with Gasteiger partial charge in [0.15, 0.2) is 5.65 Å². The van der Waals surface area contributed by atoms with Gasteiger partial charge in [-0.15, -0.1) is 16.3 Å². The zero-order valence-corrected chi connectivity index (χ0v) is 18.0. The van der Waals surface area contributed by atoms with Gasteiger partial charge in [-0.05, 0) is 49.4 Å². The normalized spacial score (nSPS) is 11.5. The molecule has 2 heterocycles. The van der Waals surface area contributed by atoms with Gasteiger partial charge in [-0.2, -0.15) is 13.2 Å². The van der Waals surface area contributed by atoms with Crippen LogP contribution in [0.5, 0.6) is 0 Å². The van der Waals surface area contributed by atoms with Gasteiger partial charge in [0.25, 0.3) is 5.56 Å². The summed E-state index contributed by atoms with van der Waals surface area (Å²) in [5.74, 6) is 1.04. The predicted octanol–water partition coefficient (Wildman–Crippen LogP) is 5.55. The van der Waals surface area contributed by atoms with E-state index in [-0.39, 0.29) is 11.2 Å². The van der Waals surface area contributed by atoms with E-state index in [9.17, 15) is 22.8 Å². The Kier molecular flexibility index (Phi) is 6.14. The first-order chi connectivity index (χ1) is 15.7. The van der Waals surface area contributed by atoms with E-state index in [4.69, 9.17) is 4.52 Å². The molecule has 7 nitrogen and oxygen atoms in total. The average molecular weight is 474 g/mol. The Morgan fingerprint density at radius 3 is 2.52 bits per heavy atom. The molecule has 0 spiro atoms. The monoisotopic (exact) mass is 474 g/mol. The maximum Gasteiger partial charge on any atom is 0.416 e. The topological polar surface area (TPSA) is 88.6 Å². The number of halogens is 3. The fourth-order valence-corrected chi connectivity index (χ4v) is 3.80. The van der Waals surface area contributed by atoms with Crippen LogP contribution < -0.4 is 16.2 Å². The van der Waals surface area contributed by atoms with Crippen molar-refractivity contribution in [2.24, 2.45) is 0 Å². The number of rotatable bonds is 5. The van der Waals surface area contributed by atoms with Crippen molar-refractivity contribution in [1.29, 1.82) is 0 Å². The molecule has 0 aliphatic heterocycles. The van der Waals surface area contributed by atoms with E-state index in [0.29, 0.717) is 28.5 Å². The lowest BCUT2D eigenvalue weighted by Gasteiger charge is -2.11. The summed E-state index contributed by atoms with van der Waals surface area (Å²) in [7, 11) is 0. The van der Waals surface area contributed by atoms with Crippen LogP contribution >= 0.6 is 11.8 Å². The summed E-state index contributed by atoms with van der Waals surface area (Å²) >= 11 is 1.46. The van der Waals surface area contributed by atoms with Crippen LogP contribution in [0.3, 0.4) is 0 Å². The predicted molar refractivity (Wildman–Crippen MR) is 119 cm³/mol. The van der Waals surface area contributed by atoms with Crippen molar-refractivity contribution in [3.05, 3.63) is 88.0 Å². The first-order valence-corrected chi connectivity index (χ1v) is 10.6. The number of hydrogen-bond donors (Lipinski definition) is 2. The number of amides is 2. The van der Waals surface area contributed by atoms with Crippen LogP contribution in [0.25, 0.3) is 5.65 Å². The Morgan fingerprint density at radius 1 is 1.06 bits per heavy atom. The number of thioether (sulfide) groups is 1.